The zero-order chi connectivity index (χ0) is 24.2. The lowest BCUT2D eigenvalue weighted by Gasteiger charge is -2.24. The smallest absolute Gasteiger partial charge is 0.459 e. The van der Waals surface area contributed by atoms with Gasteiger partial charge >= 0.3 is 19.4 Å². The maximum atomic E-state index is 13.4. The zero-order valence-electron chi connectivity index (χ0n) is 18.0. The third-order valence-electron chi connectivity index (χ3n) is 4.58. The molecule has 1 aliphatic heterocycles. The van der Waals surface area contributed by atoms with E-state index in [1.807, 2.05) is 0 Å². The average molecular weight is 500 g/mol. The molecule has 0 saturated heterocycles. The maximum absolute atomic E-state index is 13.4. The first kappa shape index (κ1) is 24.9. The lowest BCUT2D eigenvalue weighted by Crippen LogP contribution is -2.35. The molecule has 0 unspecified atom stereocenters. The summed E-state index contributed by atoms with van der Waals surface area (Å²) in [4.78, 5) is 37.7. The van der Waals surface area contributed by atoms with Gasteiger partial charge in [-0.1, -0.05) is 17.7 Å². The van der Waals surface area contributed by atoms with Crippen LogP contribution < -0.4 is 20.9 Å². The Morgan fingerprint density at radius 2 is 2.00 bits per heavy atom. The van der Waals surface area contributed by atoms with Crippen molar-refractivity contribution in [1.29, 1.82) is 0 Å². The van der Waals surface area contributed by atoms with Gasteiger partial charge in [0.15, 0.2) is 6.23 Å². The molecule has 13 heteroatoms. The minimum absolute atomic E-state index is 0.198. The van der Waals surface area contributed by atoms with Gasteiger partial charge in [-0.25, -0.2) is 9.36 Å². The van der Waals surface area contributed by atoms with E-state index in [1.165, 1.54) is 36.9 Å². The van der Waals surface area contributed by atoms with Gasteiger partial charge in [0.2, 0.25) is 0 Å². The number of hydrogen-bond donors (Lipinski definition) is 2. The molecule has 1 aliphatic rings. The molecule has 0 amide bonds. The summed E-state index contributed by atoms with van der Waals surface area (Å²) >= 11 is 5.87. The van der Waals surface area contributed by atoms with Crippen LogP contribution in [-0.2, 0) is 23.4 Å². The van der Waals surface area contributed by atoms with E-state index in [1.54, 1.807) is 31.2 Å². The highest BCUT2D eigenvalue weighted by Gasteiger charge is 2.34. The number of ether oxygens (including phenoxy) is 2. The van der Waals surface area contributed by atoms with Gasteiger partial charge in [0, 0.05) is 16.8 Å². The first-order chi connectivity index (χ1) is 15.6. The molecule has 11 nitrogen and oxygen atoms in total. The Kier molecular flexibility index (Phi) is 7.93. The number of rotatable bonds is 9. The topological polar surface area (TPSA) is 138 Å². The van der Waals surface area contributed by atoms with E-state index in [4.69, 9.17) is 25.4 Å². The molecule has 1 aromatic heterocycles. The Morgan fingerprint density at radius 3 is 2.67 bits per heavy atom. The predicted octanol–water partition coefficient (Wildman–Crippen LogP) is 2.31. The second-order valence-corrected chi connectivity index (χ2v) is 9.27. The Hall–Kier alpha value is -2.69. The molecule has 0 saturated carbocycles. The van der Waals surface area contributed by atoms with Crippen molar-refractivity contribution in [3.63, 3.8) is 0 Å². The van der Waals surface area contributed by atoms with Gasteiger partial charge in [0.05, 0.1) is 13.7 Å². The minimum Gasteiger partial charge on any atom is -0.468 e. The fourth-order valence-electron chi connectivity index (χ4n) is 2.88. The summed E-state index contributed by atoms with van der Waals surface area (Å²) in [5, 5.41) is 2.98. The van der Waals surface area contributed by atoms with Gasteiger partial charge in [-0.3, -0.25) is 23.7 Å². The molecule has 0 radical (unpaired) electrons. The number of halogens is 1. The van der Waals surface area contributed by atoms with Crippen LogP contribution in [0, 0.1) is 6.92 Å². The largest absolute Gasteiger partial charge is 0.468 e. The second-order valence-electron chi connectivity index (χ2n) is 7.14. The first-order valence-corrected chi connectivity index (χ1v) is 11.7. The highest BCUT2D eigenvalue weighted by Crippen LogP contribution is 2.45. The van der Waals surface area contributed by atoms with Gasteiger partial charge in [-0.2, -0.15) is 5.09 Å². The monoisotopic (exact) mass is 499 g/mol. The fraction of sp³-hybridized carbons (Fsp3) is 0.350. The van der Waals surface area contributed by atoms with E-state index < -0.39 is 43.3 Å². The highest BCUT2D eigenvalue weighted by molar-refractivity contribution is 7.52. The van der Waals surface area contributed by atoms with Crippen molar-refractivity contribution in [2.75, 3.05) is 13.7 Å². The summed E-state index contributed by atoms with van der Waals surface area (Å²) in [5.74, 6) is -0.466. The number of carbonyl (C=O) groups is 1. The van der Waals surface area contributed by atoms with E-state index in [9.17, 15) is 18.9 Å². The fourth-order valence-corrected chi connectivity index (χ4v) is 4.51. The standard InChI is InChI=1S/C20H23ClN3O8P/c1-12-10-24(20(27)22-18(12)25)17-9-8-16(31-17)11-30-33(28,23-13(2)19(26)29-3)32-15-6-4-14(21)5-7-15/h4-10,13,16-17H,11H2,1-3H3,(H,23,28)(H,22,25,27)/t13-,16-,17+,33-/m0/s1. The molecule has 0 spiro atoms. The van der Waals surface area contributed by atoms with E-state index in [2.05, 4.69) is 14.8 Å². The van der Waals surface area contributed by atoms with E-state index in [-0.39, 0.29) is 12.4 Å². The van der Waals surface area contributed by atoms with Crippen molar-refractivity contribution >= 4 is 25.3 Å². The molecule has 0 bridgehead atoms. The highest BCUT2D eigenvalue weighted by atomic mass is 35.5. The number of H-pyrrole nitrogens is 1. The van der Waals surface area contributed by atoms with Crippen LogP contribution in [0.4, 0.5) is 0 Å². The molecular formula is C20H23ClN3O8P. The summed E-state index contributed by atoms with van der Waals surface area (Å²) in [7, 11) is -2.87. The quantitative estimate of drug-likeness (QED) is 0.302. The van der Waals surface area contributed by atoms with Crippen molar-refractivity contribution in [2.45, 2.75) is 32.2 Å². The van der Waals surface area contributed by atoms with Crippen LogP contribution >= 0.6 is 19.3 Å². The van der Waals surface area contributed by atoms with E-state index in [0.717, 1.165) is 0 Å². The van der Waals surface area contributed by atoms with Crippen LogP contribution in [0.25, 0.3) is 0 Å². The third kappa shape index (κ3) is 6.43. The van der Waals surface area contributed by atoms with Crippen molar-refractivity contribution in [3.8, 4) is 5.75 Å². The maximum Gasteiger partial charge on any atom is 0.459 e. The van der Waals surface area contributed by atoms with Gasteiger partial charge in [-0.05, 0) is 44.2 Å². The lowest BCUT2D eigenvalue weighted by molar-refractivity contribution is -0.142. The molecule has 178 valence electrons. The molecule has 1 aromatic carbocycles. The van der Waals surface area contributed by atoms with Gasteiger partial charge in [0.25, 0.3) is 5.56 Å². The summed E-state index contributed by atoms with van der Waals surface area (Å²) < 4.78 is 36.0. The van der Waals surface area contributed by atoms with Gasteiger partial charge in [0.1, 0.15) is 17.9 Å². The number of hydrogen-bond acceptors (Lipinski definition) is 8. The summed E-state index contributed by atoms with van der Waals surface area (Å²) in [6.45, 7) is 2.78. The number of carbonyl (C=O) groups excluding carboxylic acids is 1. The molecule has 0 fully saturated rings. The molecule has 2 N–H and O–H groups in total. The molecule has 4 atom stereocenters. The molecular weight excluding hydrogens is 477 g/mol. The van der Waals surface area contributed by atoms with Gasteiger partial charge in [-0.15, -0.1) is 0 Å². The SMILES string of the molecule is COC(=O)[C@H](C)N[P@](=O)(OC[C@@H]1C=C[C@H](n2cc(C)c(=O)[nH]c2=O)O1)Oc1ccc(Cl)cc1. The van der Waals surface area contributed by atoms with Crippen molar-refractivity contribution in [3.05, 3.63) is 74.0 Å². The number of nitrogens with one attached hydrogen (secondary N) is 2. The molecule has 2 heterocycles. The Bertz CT molecular complexity index is 1190. The van der Waals surface area contributed by atoms with E-state index >= 15 is 0 Å². The molecule has 0 aliphatic carbocycles. The number of aryl methyl sites for hydroxylation is 1. The number of benzene rings is 1. The van der Waals surface area contributed by atoms with E-state index in [0.29, 0.717) is 10.6 Å². The normalized spacial score (nSPS) is 20.2. The second kappa shape index (κ2) is 10.5. The minimum atomic E-state index is -4.07. The van der Waals surface area contributed by atoms with Crippen LogP contribution in [0.3, 0.4) is 0 Å². The Labute approximate surface area is 193 Å². The Morgan fingerprint density at radius 1 is 1.30 bits per heavy atom. The third-order valence-corrected chi connectivity index (χ3v) is 6.47. The first-order valence-electron chi connectivity index (χ1n) is 9.81. The number of aromatic nitrogens is 2. The average Bonchev–Trinajstić information content (AvgIpc) is 3.25. The number of esters is 1. The van der Waals surface area contributed by atoms with Crippen LogP contribution in [-0.4, -0.2) is 41.4 Å². The zero-order valence-corrected chi connectivity index (χ0v) is 19.7. The number of nitrogens with zero attached hydrogens (tertiary/aromatic N) is 1. The van der Waals surface area contributed by atoms with Gasteiger partial charge < -0.3 is 14.0 Å². The van der Waals surface area contributed by atoms with Crippen molar-refractivity contribution < 1.29 is 27.9 Å². The van der Waals surface area contributed by atoms with Crippen molar-refractivity contribution in [2.24, 2.45) is 0 Å². The lowest BCUT2D eigenvalue weighted by atomic mass is 10.3. The van der Waals surface area contributed by atoms with Crippen LogP contribution in [0.15, 0.2) is 52.2 Å². The van der Waals surface area contributed by atoms with Crippen LogP contribution in [0.1, 0.15) is 18.7 Å². The number of methoxy groups -OCH3 is 1. The summed E-state index contributed by atoms with van der Waals surface area (Å²) in [6, 6.07) is 5.08. The van der Waals surface area contributed by atoms with Crippen molar-refractivity contribution in [1.82, 2.24) is 14.6 Å². The molecule has 3 rings (SSSR count). The number of aromatic amines is 1. The summed E-state index contributed by atoms with van der Waals surface area (Å²) in [5.41, 5.74) is -0.774. The molecule has 33 heavy (non-hydrogen) atoms. The van der Waals surface area contributed by atoms with Crippen LogP contribution in [0.5, 0.6) is 5.75 Å². The Balaban J connectivity index is 1.71. The van der Waals surface area contributed by atoms with Crippen LogP contribution in [0.2, 0.25) is 5.02 Å². The predicted molar refractivity (Wildman–Crippen MR) is 119 cm³/mol. The summed E-state index contributed by atoms with van der Waals surface area (Å²) in [6.07, 6.45) is 3.12. The molecule has 2 aromatic rings.